The predicted molar refractivity (Wildman–Crippen MR) is 87.6 cm³/mol. The van der Waals surface area contributed by atoms with E-state index in [1.807, 2.05) is 4.90 Å². The molecule has 1 aromatic carbocycles. The van der Waals surface area contributed by atoms with Gasteiger partial charge in [0.2, 0.25) is 11.8 Å². The Kier molecular flexibility index (Phi) is 3.78. The summed E-state index contributed by atoms with van der Waals surface area (Å²) in [4.78, 5) is 52.3. The third-order valence-corrected chi connectivity index (χ3v) is 5.21. The lowest BCUT2D eigenvalue weighted by molar-refractivity contribution is -0.136. The number of fused-ring (bicyclic) bond motifs is 1. The van der Waals surface area contributed by atoms with E-state index >= 15 is 0 Å². The second-order valence-electron chi connectivity index (χ2n) is 6.73. The summed E-state index contributed by atoms with van der Waals surface area (Å²) in [5.74, 6) is -1.05. The molecule has 3 aliphatic heterocycles. The Labute approximate surface area is 145 Å². The number of piperidine rings is 1. The molecule has 1 aromatic rings. The molecule has 25 heavy (non-hydrogen) atoms. The van der Waals surface area contributed by atoms with Gasteiger partial charge in [0.25, 0.3) is 11.8 Å². The Morgan fingerprint density at radius 3 is 2.60 bits per heavy atom. The van der Waals surface area contributed by atoms with Gasteiger partial charge < -0.3 is 9.80 Å². The number of hydrogen-bond donors (Lipinski definition) is 1. The molecule has 7 heteroatoms. The standard InChI is InChI=1S/C18H19N3O4/c22-15-7-6-14(16(23)19-15)21-10-13-11(4-3-5-12(13)18(21)25)17(24)20-8-1-2-9-20/h3-5,14H,1-2,6-10H2,(H,19,22,23). The SMILES string of the molecule is O=C1CCC(N2Cc3c(C(=O)N4CCCC4)cccc3C2=O)C(=O)N1. The van der Waals surface area contributed by atoms with Gasteiger partial charge in [-0.2, -0.15) is 0 Å². The zero-order valence-electron chi connectivity index (χ0n) is 13.8. The Morgan fingerprint density at radius 1 is 1.12 bits per heavy atom. The van der Waals surface area contributed by atoms with Gasteiger partial charge in [-0.1, -0.05) is 6.07 Å². The van der Waals surface area contributed by atoms with Crippen LogP contribution in [0.4, 0.5) is 0 Å². The number of amides is 4. The molecule has 1 unspecified atom stereocenters. The fraction of sp³-hybridized carbons (Fsp3) is 0.444. The molecule has 0 spiro atoms. The van der Waals surface area contributed by atoms with Gasteiger partial charge in [0.15, 0.2) is 0 Å². The third-order valence-electron chi connectivity index (χ3n) is 5.21. The van der Waals surface area contributed by atoms with E-state index in [9.17, 15) is 19.2 Å². The Hall–Kier alpha value is -2.70. The van der Waals surface area contributed by atoms with E-state index in [4.69, 9.17) is 0 Å². The van der Waals surface area contributed by atoms with Crippen LogP contribution >= 0.6 is 0 Å². The first kappa shape index (κ1) is 15.8. The van der Waals surface area contributed by atoms with E-state index in [0.29, 0.717) is 23.1 Å². The minimum atomic E-state index is -0.660. The smallest absolute Gasteiger partial charge is 0.255 e. The normalized spacial score (nSPS) is 23.0. The second kappa shape index (κ2) is 5.98. The highest BCUT2D eigenvalue weighted by atomic mass is 16.2. The van der Waals surface area contributed by atoms with Crippen molar-refractivity contribution in [3.05, 3.63) is 34.9 Å². The largest absolute Gasteiger partial charge is 0.339 e. The van der Waals surface area contributed by atoms with E-state index in [-0.39, 0.29) is 30.7 Å². The summed E-state index contributed by atoms with van der Waals surface area (Å²) in [6, 6.07) is 4.51. The lowest BCUT2D eigenvalue weighted by atomic mass is 10.0. The summed E-state index contributed by atoms with van der Waals surface area (Å²) in [5.41, 5.74) is 1.71. The highest BCUT2D eigenvalue weighted by Crippen LogP contribution is 2.30. The van der Waals surface area contributed by atoms with Gasteiger partial charge in [-0.3, -0.25) is 24.5 Å². The van der Waals surface area contributed by atoms with Crippen molar-refractivity contribution in [1.82, 2.24) is 15.1 Å². The number of carbonyl (C=O) groups excluding carboxylic acids is 4. The number of rotatable bonds is 2. The molecule has 4 rings (SSSR count). The van der Waals surface area contributed by atoms with Crippen LogP contribution in [-0.4, -0.2) is 52.6 Å². The lowest BCUT2D eigenvalue weighted by Gasteiger charge is -2.29. The summed E-state index contributed by atoms with van der Waals surface area (Å²) >= 11 is 0. The van der Waals surface area contributed by atoms with Crippen molar-refractivity contribution in [2.24, 2.45) is 0 Å². The third kappa shape index (κ3) is 2.59. The average molecular weight is 341 g/mol. The maximum atomic E-state index is 12.8. The molecule has 130 valence electrons. The van der Waals surface area contributed by atoms with Gasteiger partial charge in [-0.25, -0.2) is 0 Å². The van der Waals surface area contributed by atoms with Crippen LogP contribution in [0.15, 0.2) is 18.2 Å². The molecular weight excluding hydrogens is 322 g/mol. The lowest BCUT2D eigenvalue weighted by Crippen LogP contribution is -2.52. The van der Waals surface area contributed by atoms with E-state index in [0.717, 1.165) is 25.9 Å². The Bertz CT molecular complexity index is 783. The molecule has 4 amide bonds. The van der Waals surface area contributed by atoms with Crippen LogP contribution in [-0.2, 0) is 16.1 Å². The van der Waals surface area contributed by atoms with Crippen LogP contribution in [0.3, 0.4) is 0 Å². The van der Waals surface area contributed by atoms with Gasteiger partial charge in [0.1, 0.15) is 6.04 Å². The molecule has 0 aliphatic carbocycles. The molecule has 3 heterocycles. The number of nitrogens with zero attached hydrogens (tertiary/aromatic N) is 2. The number of benzene rings is 1. The molecule has 2 fully saturated rings. The summed E-state index contributed by atoms with van der Waals surface area (Å²) < 4.78 is 0. The summed E-state index contributed by atoms with van der Waals surface area (Å²) in [6.45, 7) is 1.72. The van der Waals surface area contributed by atoms with Gasteiger partial charge in [0.05, 0.1) is 0 Å². The average Bonchev–Trinajstić information content (AvgIpc) is 3.23. The fourth-order valence-corrected chi connectivity index (χ4v) is 3.88. The van der Waals surface area contributed by atoms with Crippen molar-refractivity contribution in [3.63, 3.8) is 0 Å². The van der Waals surface area contributed by atoms with Crippen LogP contribution in [0.5, 0.6) is 0 Å². The maximum absolute atomic E-state index is 12.8. The molecule has 1 atom stereocenters. The first-order valence-corrected chi connectivity index (χ1v) is 8.62. The minimum Gasteiger partial charge on any atom is -0.339 e. The monoisotopic (exact) mass is 341 g/mol. The summed E-state index contributed by atoms with van der Waals surface area (Å²) in [6.07, 6.45) is 2.54. The molecule has 1 N–H and O–H groups in total. The van der Waals surface area contributed by atoms with Crippen molar-refractivity contribution in [2.75, 3.05) is 13.1 Å². The Morgan fingerprint density at radius 2 is 1.88 bits per heavy atom. The predicted octanol–water partition coefficient (Wildman–Crippen LogP) is 0.684. The fourth-order valence-electron chi connectivity index (χ4n) is 3.88. The topological polar surface area (TPSA) is 86.8 Å². The van der Waals surface area contributed by atoms with Crippen molar-refractivity contribution in [1.29, 1.82) is 0 Å². The van der Waals surface area contributed by atoms with Crippen molar-refractivity contribution < 1.29 is 19.2 Å². The highest BCUT2D eigenvalue weighted by molar-refractivity contribution is 6.07. The van der Waals surface area contributed by atoms with Gasteiger partial charge in [-0.05, 0) is 37.0 Å². The van der Waals surface area contributed by atoms with E-state index in [1.54, 1.807) is 18.2 Å². The first-order chi connectivity index (χ1) is 12.1. The van der Waals surface area contributed by atoms with Crippen molar-refractivity contribution in [3.8, 4) is 0 Å². The molecule has 0 radical (unpaired) electrons. The molecule has 2 saturated heterocycles. The minimum absolute atomic E-state index is 0.0488. The van der Waals surface area contributed by atoms with E-state index in [1.165, 1.54) is 4.90 Å². The molecule has 3 aliphatic rings. The maximum Gasteiger partial charge on any atom is 0.255 e. The number of hydrogen-bond acceptors (Lipinski definition) is 4. The molecule has 7 nitrogen and oxygen atoms in total. The molecular formula is C18H19N3O4. The number of nitrogens with one attached hydrogen (secondary N) is 1. The molecule has 0 bridgehead atoms. The molecule has 0 saturated carbocycles. The van der Waals surface area contributed by atoms with E-state index in [2.05, 4.69) is 5.32 Å². The second-order valence-corrected chi connectivity index (χ2v) is 6.73. The van der Waals surface area contributed by atoms with Crippen molar-refractivity contribution in [2.45, 2.75) is 38.3 Å². The van der Waals surface area contributed by atoms with Crippen LogP contribution < -0.4 is 5.32 Å². The van der Waals surface area contributed by atoms with Crippen LogP contribution in [0.2, 0.25) is 0 Å². The summed E-state index contributed by atoms with van der Waals surface area (Å²) in [7, 11) is 0. The number of carbonyl (C=O) groups is 4. The zero-order valence-corrected chi connectivity index (χ0v) is 13.8. The Balaban J connectivity index is 1.63. The van der Waals surface area contributed by atoms with Crippen molar-refractivity contribution >= 4 is 23.6 Å². The number of imide groups is 1. The van der Waals surface area contributed by atoms with Crippen LogP contribution in [0.1, 0.15) is 52.0 Å². The van der Waals surface area contributed by atoms with Gasteiger partial charge in [-0.15, -0.1) is 0 Å². The zero-order chi connectivity index (χ0) is 17.6. The van der Waals surface area contributed by atoms with Crippen LogP contribution in [0, 0.1) is 0 Å². The number of likely N-dealkylation sites (tertiary alicyclic amines) is 1. The quantitative estimate of drug-likeness (QED) is 0.802. The highest BCUT2D eigenvalue weighted by Gasteiger charge is 2.40. The van der Waals surface area contributed by atoms with Gasteiger partial charge in [0, 0.05) is 37.2 Å². The van der Waals surface area contributed by atoms with Gasteiger partial charge >= 0.3 is 0 Å². The van der Waals surface area contributed by atoms with Crippen LogP contribution in [0.25, 0.3) is 0 Å². The first-order valence-electron chi connectivity index (χ1n) is 8.62. The van der Waals surface area contributed by atoms with E-state index < -0.39 is 11.9 Å². The summed E-state index contributed by atoms with van der Waals surface area (Å²) in [5, 5.41) is 2.29. The molecule has 0 aromatic heterocycles.